The molecule has 2 N–H and O–H groups in total. The van der Waals surface area contributed by atoms with Gasteiger partial charge in [0.25, 0.3) is 5.56 Å². The van der Waals surface area contributed by atoms with Gasteiger partial charge in [0.05, 0.1) is 5.69 Å². The molecule has 3 rings (SSSR count). The van der Waals surface area contributed by atoms with Crippen LogP contribution in [-0.4, -0.2) is 45.0 Å². The highest BCUT2D eigenvalue weighted by molar-refractivity contribution is 5.84. The number of aliphatic hydroxyl groups is 1. The Morgan fingerprint density at radius 2 is 1.97 bits per heavy atom. The van der Waals surface area contributed by atoms with Gasteiger partial charge in [-0.15, -0.1) is 0 Å². The van der Waals surface area contributed by atoms with E-state index in [-0.39, 0.29) is 23.8 Å². The zero-order valence-electron chi connectivity index (χ0n) is 17.4. The fourth-order valence-corrected chi connectivity index (χ4v) is 4.06. The average Bonchev–Trinajstić information content (AvgIpc) is 2.95. The summed E-state index contributed by atoms with van der Waals surface area (Å²) >= 11 is 0. The largest absolute Gasteiger partial charge is 0.475 e. The van der Waals surface area contributed by atoms with Crippen LogP contribution in [0.5, 0.6) is 0 Å². The van der Waals surface area contributed by atoms with E-state index in [1.54, 1.807) is 23.3 Å². The van der Waals surface area contributed by atoms with Crippen molar-refractivity contribution in [3.8, 4) is 5.69 Å². The van der Waals surface area contributed by atoms with Gasteiger partial charge in [0.15, 0.2) is 0 Å². The first-order valence-corrected chi connectivity index (χ1v) is 10.1. The van der Waals surface area contributed by atoms with Crippen LogP contribution in [0.25, 0.3) is 5.69 Å². The first kappa shape index (κ1) is 21.9. The van der Waals surface area contributed by atoms with E-state index in [0.29, 0.717) is 25.0 Å². The molecule has 0 unspecified atom stereocenters. The summed E-state index contributed by atoms with van der Waals surface area (Å²) in [5, 5.41) is 18.9. The normalized spacial score (nSPS) is 21.2. The highest BCUT2D eigenvalue weighted by atomic mass is 16.7. The molecule has 1 aromatic carbocycles. The van der Waals surface area contributed by atoms with Gasteiger partial charge in [0.2, 0.25) is 12.0 Å². The van der Waals surface area contributed by atoms with Crippen molar-refractivity contribution in [2.45, 2.75) is 38.9 Å². The van der Waals surface area contributed by atoms with Crippen molar-refractivity contribution >= 4 is 5.97 Å². The monoisotopic (exact) mass is 416 g/mol. The third-order valence-corrected chi connectivity index (χ3v) is 5.55. The van der Waals surface area contributed by atoms with Crippen LogP contribution in [-0.2, 0) is 21.3 Å². The quantitative estimate of drug-likeness (QED) is 0.685. The van der Waals surface area contributed by atoms with Crippen molar-refractivity contribution in [2.75, 3.05) is 13.2 Å². The second-order valence-corrected chi connectivity index (χ2v) is 7.31. The standard InChI is InChI=1S/C22H28N2O6/c1-4-29-22-16(11-8-12-25)17(13-18(30-22)21(27)28)19-14(2)23(3)24(20(19)26)15-9-6-5-7-10-15/h5-7,9-10,13,16-17,22,25H,4,8,11-12H2,1-3H3,(H,27,28)/t16-,17+,22-/m0/s1. The van der Waals surface area contributed by atoms with Crippen LogP contribution >= 0.6 is 0 Å². The van der Waals surface area contributed by atoms with E-state index in [4.69, 9.17) is 9.47 Å². The molecule has 8 heteroatoms. The van der Waals surface area contributed by atoms with Gasteiger partial charge < -0.3 is 19.7 Å². The van der Waals surface area contributed by atoms with Crippen molar-refractivity contribution in [1.29, 1.82) is 0 Å². The summed E-state index contributed by atoms with van der Waals surface area (Å²) in [5.74, 6) is -2.26. The first-order valence-electron chi connectivity index (χ1n) is 10.1. The summed E-state index contributed by atoms with van der Waals surface area (Å²) in [4.78, 5) is 25.2. The lowest BCUT2D eigenvalue weighted by Gasteiger charge is -2.36. The maximum Gasteiger partial charge on any atom is 0.370 e. The number of aliphatic carboxylic acids is 1. The Labute approximate surface area is 174 Å². The Kier molecular flexibility index (Phi) is 6.79. The molecule has 0 saturated carbocycles. The van der Waals surface area contributed by atoms with Crippen molar-refractivity contribution in [2.24, 2.45) is 13.0 Å². The number of ether oxygens (including phenoxy) is 2. The van der Waals surface area contributed by atoms with Crippen molar-refractivity contribution < 1.29 is 24.5 Å². The molecular formula is C22H28N2O6. The molecule has 0 amide bonds. The third-order valence-electron chi connectivity index (χ3n) is 5.55. The Morgan fingerprint density at radius 3 is 2.57 bits per heavy atom. The average molecular weight is 416 g/mol. The molecule has 1 aromatic heterocycles. The number of aromatic nitrogens is 2. The highest BCUT2D eigenvalue weighted by Gasteiger charge is 2.40. The number of carbonyl (C=O) groups is 1. The molecule has 162 valence electrons. The molecule has 1 aliphatic heterocycles. The van der Waals surface area contributed by atoms with Crippen LogP contribution in [0, 0.1) is 12.8 Å². The van der Waals surface area contributed by atoms with Gasteiger partial charge in [-0.2, -0.15) is 0 Å². The van der Waals surface area contributed by atoms with Gasteiger partial charge >= 0.3 is 5.97 Å². The Morgan fingerprint density at radius 1 is 1.27 bits per heavy atom. The lowest BCUT2D eigenvalue weighted by molar-refractivity contribution is -0.173. The van der Waals surface area contributed by atoms with E-state index < -0.39 is 18.2 Å². The predicted molar refractivity (Wildman–Crippen MR) is 111 cm³/mol. The number of hydrogen-bond donors (Lipinski definition) is 2. The molecular weight excluding hydrogens is 388 g/mol. The van der Waals surface area contributed by atoms with Crippen molar-refractivity contribution in [3.05, 3.63) is 63.8 Å². The number of para-hydroxylation sites is 1. The number of allylic oxidation sites excluding steroid dienone is 1. The van der Waals surface area contributed by atoms with E-state index in [0.717, 1.165) is 11.4 Å². The Bertz CT molecular complexity index is 976. The Hall–Kier alpha value is -2.84. The van der Waals surface area contributed by atoms with Gasteiger partial charge in [-0.25, -0.2) is 9.48 Å². The topological polar surface area (TPSA) is 103 Å². The van der Waals surface area contributed by atoms with Gasteiger partial charge in [-0.3, -0.25) is 9.48 Å². The molecule has 0 bridgehead atoms. The van der Waals surface area contributed by atoms with Crippen molar-refractivity contribution in [3.63, 3.8) is 0 Å². The number of hydrogen-bond acceptors (Lipinski definition) is 5. The van der Waals surface area contributed by atoms with Gasteiger partial charge in [-0.1, -0.05) is 18.2 Å². The molecule has 8 nitrogen and oxygen atoms in total. The molecule has 0 saturated heterocycles. The minimum absolute atomic E-state index is 0.0143. The lowest BCUT2D eigenvalue weighted by Crippen LogP contribution is -2.38. The molecule has 1 aliphatic rings. The van der Waals surface area contributed by atoms with Crippen molar-refractivity contribution in [1.82, 2.24) is 9.36 Å². The van der Waals surface area contributed by atoms with E-state index >= 15 is 0 Å². The van der Waals surface area contributed by atoms with Crippen LogP contribution in [0.1, 0.15) is 36.9 Å². The maximum atomic E-state index is 13.5. The second-order valence-electron chi connectivity index (χ2n) is 7.31. The molecule has 0 spiro atoms. The number of nitrogens with zero attached hydrogens (tertiary/aromatic N) is 2. The smallest absolute Gasteiger partial charge is 0.370 e. The summed E-state index contributed by atoms with van der Waals surface area (Å²) < 4.78 is 14.6. The second kappa shape index (κ2) is 9.32. The summed E-state index contributed by atoms with van der Waals surface area (Å²) in [6.45, 7) is 3.97. The molecule has 2 heterocycles. The fourth-order valence-electron chi connectivity index (χ4n) is 4.06. The van der Waals surface area contributed by atoms with Gasteiger partial charge in [-0.05, 0) is 44.9 Å². The minimum atomic E-state index is -1.21. The van der Waals surface area contributed by atoms with Crippen LogP contribution in [0.2, 0.25) is 0 Å². The zero-order chi connectivity index (χ0) is 21.8. The number of aliphatic hydroxyl groups excluding tert-OH is 1. The molecule has 0 fully saturated rings. The number of benzene rings is 1. The van der Waals surface area contributed by atoms with E-state index in [9.17, 15) is 19.8 Å². The molecule has 2 aromatic rings. The van der Waals surface area contributed by atoms with Crippen LogP contribution in [0.15, 0.2) is 47.0 Å². The van der Waals surface area contributed by atoms with Crippen LogP contribution in [0.3, 0.4) is 0 Å². The van der Waals surface area contributed by atoms with Gasteiger partial charge in [0.1, 0.15) is 0 Å². The van der Waals surface area contributed by atoms with Crippen LogP contribution in [0.4, 0.5) is 0 Å². The van der Waals surface area contributed by atoms with E-state index in [1.807, 2.05) is 37.3 Å². The van der Waals surface area contributed by atoms with Gasteiger partial charge in [0, 0.05) is 43.4 Å². The SMILES string of the molecule is CCO[C@H]1OC(C(=O)O)=C[C@@H](c2c(C)n(C)n(-c3ccccc3)c2=O)[C@@H]1CCCO. The van der Waals surface area contributed by atoms with E-state index in [1.165, 1.54) is 6.08 Å². The number of rotatable bonds is 8. The lowest BCUT2D eigenvalue weighted by atomic mass is 9.80. The van der Waals surface area contributed by atoms with E-state index in [2.05, 4.69) is 0 Å². The minimum Gasteiger partial charge on any atom is -0.475 e. The molecule has 0 radical (unpaired) electrons. The molecule has 3 atom stereocenters. The molecule has 30 heavy (non-hydrogen) atoms. The zero-order valence-corrected chi connectivity index (χ0v) is 17.4. The predicted octanol–water partition coefficient (Wildman–Crippen LogP) is 2.32. The summed E-state index contributed by atoms with van der Waals surface area (Å²) in [6, 6.07) is 9.29. The first-order chi connectivity index (χ1) is 14.4. The fraction of sp³-hybridized carbons (Fsp3) is 0.455. The number of carboxylic acids is 1. The summed E-state index contributed by atoms with van der Waals surface area (Å²) in [7, 11) is 1.80. The molecule has 0 aliphatic carbocycles. The number of carboxylic acid groups (broad SMARTS) is 1. The highest BCUT2D eigenvalue weighted by Crippen LogP contribution is 2.39. The summed E-state index contributed by atoms with van der Waals surface area (Å²) in [5.41, 5.74) is 1.76. The summed E-state index contributed by atoms with van der Waals surface area (Å²) in [6.07, 6.45) is 1.70. The maximum absolute atomic E-state index is 13.5. The Balaban J connectivity index is 2.18. The third kappa shape index (κ3) is 4.06. The van der Waals surface area contributed by atoms with Crippen LogP contribution < -0.4 is 5.56 Å².